The van der Waals surface area contributed by atoms with Gasteiger partial charge < -0.3 is 11.1 Å². The monoisotopic (exact) mass is 574 g/mol. The van der Waals surface area contributed by atoms with Crippen molar-refractivity contribution in [2.24, 2.45) is 5.73 Å². The van der Waals surface area contributed by atoms with Crippen LogP contribution in [0.1, 0.15) is 34.5 Å². The molecule has 0 spiro atoms. The van der Waals surface area contributed by atoms with Crippen molar-refractivity contribution in [1.29, 1.82) is 0 Å². The molecule has 0 radical (unpaired) electrons. The van der Waals surface area contributed by atoms with Crippen LogP contribution in [0, 0.1) is 0 Å². The number of halogens is 2. The van der Waals surface area contributed by atoms with Gasteiger partial charge in [-0.3, -0.25) is 18.8 Å². The molecule has 0 aliphatic carbocycles. The lowest BCUT2D eigenvalue weighted by molar-refractivity contribution is -0.119. The second kappa shape index (κ2) is 11.3. The summed E-state index contributed by atoms with van der Waals surface area (Å²) in [6.45, 7) is 2.39. The summed E-state index contributed by atoms with van der Waals surface area (Å²) < 4.78 is 27.2. The number of hydrogen-bond donors (Lipinski definition) is 2. The Bertz CT molecular complexity index is 1380. The number of hydrogen-bond acceptors (Lipinski definition) is 5. The third kappa shape index (κ3) is 6.30. The zero-order valence-electron chi connectivity index (χ0n) is 20.8. The molecule has 0 bridgehead atoms. The third-order valence-corrected chi connectivity index (χ3v) is 8.18. The summed E-state index contributed by atoms with van der Waals surface area (Å²) in [4.78, 5) is 26.1. The number of likely N-dealkylation sites (tertiary alicyclic amines) is 1. The number of carbonyl (C=O) groups is 2. The third-order valence-electron chi connectivity index (χ3n) is 6.45. The van der Waals surface area contributed by atoms with Gasteiger partial charge in [-0.25, -0.2) is 8.42 Å². The van der Waals surface area contributed by atoms with Crippen LogP contribution >= 0.6 is 23.2 Å². The van der Waals surface area contributed by atoms with Crippen LogP contribution in [0.5, 0.6) is 0 Å². The molecule has 8 nitrogen and oxygen atoms in total. The van der Waals surface area contributed by atoms with Gasteiger partial charge >= 0.3 is 0 Å². The highest BCUT2D eigenvalue weighted by molar-refractivity contribution is 7.92. The molecule has 1 aliphatic rings. The normalized spacial score (nSPS) is 15.1. The minimum Gasteiger partial charge on any atom is -0.368 e. The molecule has 1 aliphatic heterocycles. The molecule has 2 amide bonds. The fraction of sp³-hybridized carbons (Fsp3) is 0.259. The van der Waals surface area contributed by atoms with Crippen molar-refractivity contribution in [2.45, 2.75) is 25.0 Å². The number of carbonyl (C=O) groups excluding carboxylic acids is 2. The van der Waals surface area contributed by atoms with Crippen LogP contribution < -0.4 is 15.4 Å². The van der Waals surface area contributed by atoms with Crippen molar-refractivity contribution in [1.82, 2.24) is 10.2 Å². The van der Waals surface area contributed by atoms with Crippen molar-refractivity contribution < 1.29 is 18.0 Å². The molecule has 0 aromatic heterocycles. The second-order valence-corrected chi connectivity index (χ2v) is 12.1. The lowest BCUT2D eigenvalue weighted by Crippen LogP contribution is -2.61. The summed E-state index contributed by atoms with van der Waals surface area (Å²) in [5, 5.41) is 3.77. The number of sulfonamides is 1. The molecular formula is C27H28Cl2N4O4S. The van der Waals surface area contributed by atoms with Crippen LogP contribution in [0.2, 0.25) is 10.0 Å². The molecule has 4 rings (SSSR count). The van der Waals surface area contributed by atoms with E-state index >= 15 is 0 Å². The first kappa shape index (κ1) is 27.9. The van der Waals surface area contributed by atoms with Gasteiger partial charge in [0.05, 0.1) is 24.0 Å². The largest absolute Gasteiger partial charge is 0.368 e. The standard InChI is InChI=1S/C27H28Cl2N4O4S/c1-17(26(30)34)31-27(35)20-4-3-5-23(14-20)33(38(2,36)37)24-15-32(16-24)25(18-6-10-21(28)11-7-18)19-8-12-22(29)13-9-19/h3-14,17,24-25H,15-16H2,1-2H3,(H2,30,34)(H,31,35)/t17-/m0/s1. The lowest BCUT2D eigenvalue weighted by Gasteiger charge is -2.48. The first-order valence-corrected chi connectivity index (χ1v) is 14.5. The Labute approximate surface area is 232 Å². The number of amides is 2. The summed E-state index contributed by atoms with van der Waals surface area (Å²) >= 11 is 12.2. The van der Waals surface area contributed by atoms with Crippen LogP contribution in [0.25, 0.3) is 0 Å². The highest BCUT2D eigenvalue weighted by Crippen LogP contribution is 2.36. The minimum absolute atomic E-state index is 0.130. The highest BCUT2D eigenvalue weighted by atomic mass is 35.5. The van der Waals surface area contributed by atoms with E-state index in [4.69, 9.17) is 28.9 Å². The molecule has 11 heteroatoms. The number of rotatable bonds is 9. The quantitative estimate of drug-likeness (QED) is 0.403. The first-order valence-electron chi connectivity index (χ1n) is 11.9. The Morgan fingerprint density at radius 1 is 0.974 bits per heavy atom. The SMILES string of the molecule is C[C@H](NC(=O)c1cccc(N(C2CN(C(c3ccc(Cl)cc3)c3ccc(Cl)cc3)C2)S(C)(=O)=O)c1)C(N)=O. The molecule has 3 aromatic carbocycles. The van der Waals surface area contributed by atoms with Crippen LogP contribution in [-0.2, 0) is 14.8 Å². The summed E-state index contributed by atoms with van der Waals surface area (Å²) in [5.41, 5.74) is 7.86. The maximum Gasteiger partial charge on any atom is 0.251 e. The Hall–Kier alpha value is -3.11. The number of nitrogens with two attached hydrogens (primary N) is 1. The highest BCUT2D eigenvalue weighted by Gasteiger charge is 2.40. The number of primary amides is 1. The average molecular weight is 576 g/mol. The van der Waals surface area contributed by atoms with E-state index in [-0.39, 0.29) is 17.6 Å². The maximum absolute atomic E-state index is 12.9. The van der Waals surface area contributed by atoms with Gasteiger partial charge in [0, 0.05) is 28.7 Å². The van der Waals surface area contributed by atoms with Gasteiger partial charge in [0.15, 0.2) is 0 Å². The molecule has 1 saturated heterocycles. The van der Waals surface area contributed by atoms with Gasteiger partial charge in [-0.05, 0) is 60.5 Å². The van der Waals surface area contributed by atoms with Gasteiger partial charge in [-0.2, -0.15) is 0 Å². The van der Waals surface area contributed by atoms with Crippen molar-refractivity contribution in [3.8, 4) is 0 Å². The lowest BCUT2D eigenvalue weighted by atomic mass is 9.93. The Morgan fingerprint density at radius 3 is 1.97 bits per heavy atom. The molecule has 38 heavy (non-hydrogen) atoms. The average Bonchev–Trinajstić information content (AvgIpc) is 2.83. The van der Waals surface area contributed by atoms with E-state index < -0.39 is 27.9 Å². The number of nitrogens with zero attached hydrogens (tertiary/aromatic N) is 2. The van der Waals surface area contributed by atoms with E-state index in [2.05, 4.69) is 10.2 Å². The molecule has 1 atom stereocenters. The van der Waals surface area contributed by atoms with Gasteiger partial charge in [0.25, 0.3) is 5.91 Å². The minimum atomic E-state index is -3.68. The van der Waals surface area contributed by atoms with E-state index in [0.29, 0.717) is 28.8 Å². The van der Waals surface area contributed by atoms with Crippen LogP contribution in [0.3, 0.4) is 0 Å². The fourth-order valence-electron chi connectivity index (χ4n) is 4.56. The molecule has 3 N–H and O–H groups in total. The zero-order chi connectivity index (χ0) is 27.6. The Morgan fingerprint density at radius 2 is 1.50 bits per heavy atom. The van der Waals surface area contributed by atoms with E-state index in [1.165, 1.54) is 17.3 Å². The maximum atomic E-state index is 12.9. The first-order chi connectivity index (χ1) is 17.9. The molecule has 200 valence electrons. The summed E-state index contributed by atoms with van der Waals surface area (Å²) in [7, 11) is -3.68. The number of nitrogens with one attached hydrogen (secondary N) is 1. The predicted octanol–water partition coefficient (Wildman–Crippen LogP) is 3.84. The summed E-state index contributed by atoms with van der Waals surface area (Å²) in [6.07, 6.45) is 1.15. The van der Waals surface area contributed by atoms with Gasteiger partial charge in [-0.15, -0.1) is 0 Å². The molecule has 1 fully saturated rings. The van der Waals surface area contributed by atoms with E-state index in [9.17, 15) is 18.0 Å². The Balaban J connectivity index is 1.60. The summed E-state index contributed by atoms with van der Waals surface area (Å²) in [5.74, 6) is -1.19. The van der Waals surface area contributed by atoms with E-state index in [1.807, 2.05) is 48.5 Å². The smallest absolute Gasteiger partial charge is 0.251 e. The van der Waals surface area contributed by atoms with Gasteiger partial charge in [0.2, 0.25) is 15.9 Å². The number of benzene rings is 3. The van der Waals surface area contributed by atoms with Crippen molar-refractivity contribution >= 4 is 50.7 Å². The second-order valence-electron chi connectivity index (χ2n) is 9.32. The van der Waals surface area contributed by atoms with E-state index in [0.717, 1.165) is 17.4 Å². The number of anilines is 1. The van der Waals surface area contributed by atoms with Crippen molar-refractivity contribution in [2.75, 3.05) is 23.7 Å². The molecular weight excluding hydrogens is 547 g/mol. The van der Waals surface area contributed by atoms with Crippen molar-refractivity contribution in [3.63, 3.8) is 0 Å². The summed E-state index contributed by atoms with van der Waals surface area (Å²) in [6, 6.07) is 20.1. The van der Waals surface area contributed by atoms with Crippen molar-refractivity contribution in [3.05, 3.63) is 99.5 Å². The molecule has 0 saturated carbocycles. The zero-order valence-corrected chi connectivity index (χ0v) is 23.2. The fourth-order valence-corrected chi connectivity index (χ4v) is 5.98. The van der Waals surface area contributed by atoms with Gasteiger partial charge in [0.1, 0.15) is 6.04 Å². The predicted molar refractivity (Wildman–Crippen MR) is 150 cm³/mol. The van der Waals surface area contributed by atoms with Crippen LogP contribution in [0.15, 0.2) is 72.8 Å². The Kier molecular flexibility index (Phi) is 8.32. The van der Waals surface area contributed by atoms with Gasteiger partial charge in [-0.1, -0.05) is 53.5 Å². The topological polar surface area (TPSA) is 113 Å². The van der Waals surface area contributed by atoms with Crippen LogP contribution in [0.4, 0.5) is 5.69 Å². The molecule has 1 heterocycles. The van der Waals surface area contributed by atoms with Crippen LogP contribution in [-0.4, -0.2) is 56.6 Å². The van der Waals surface area contributed by atoms with E-state index in [1.54, 1.807) is 18.2 Å². The molecule has 0 unspecified atom stereocenters. The molecule has 3 aromatic rings.